The smallest absolute Gasteiger partial charge is 0.227 e. The molecule has 0 saturated heterocycles. The third-order valence-electron chi connectivity index (χ3n) is 4.47. The minimum Gasteiger partial charge on any atom is -0.492 e. The molecule has 2 N–H and O–H groups in total. The van der Waals surface area contributed by atoms with Crippen molar-refractivity contribution in [1.82, 2.24) is 5.32 Å². The number of benzene rings is 2. The Bertz CT molecular complexity index is 720. The molecule has 3 rings (SSSR count). The lowest BCUT2D eigenvalue weighted by Gasteiger charge is -2.27. The van der Waals surface area contributed by atoms with Crippen molar-refractivity contribution in [3.05, 3.63) is 65.5 Å². The summed E-state index contributed by atoms with van der Waals surface area (Å²) in [5.74, 6) is -0.143. The third kappa shape index (κ3) is 4.37. The molecule has 0 saturated carbocycles. The van der Waals surface area contributed by atoms with Crippen LogP contribution in [-0.2, 0) is 11.2 Å². The number of amides is 1. The van der Waals surface area contributed by atoms with Crippen LogP contribution in [-0.4, -0.2) is 24.2 Å². The van der Waals surface area contributed by atoms with Crippen LogP contribution in [0.15, 0.2) is 48.5 Å². The minimum absolute atomic E-state index is 0.0817. The molecule has 0 aliphatic carbocycles. The fourth-order valence-corrected chi connectivity index (χ4v) is 3.12. The number of hydrogen-bond donors (Lipinski definition) is 2. The van der Waals surface area contributed by atoms with E-state index in [1.807, 2.05) is 30.3 Å². The van der Waals surface area contributed by atoms with Crippen molar-refractivity contribution in [3.63, 3.8) is 0 Å². The van der Waals surface area contributed by atoms with Crippen LogP contribution in [0.2, 0.25) is 0 Å². The van der Waals surface area contributed by atoms with E-state index in [0.29, 0.717) is 25.0 Å². The molecule has 1 aliphatic rings. The Kier molecular flexibility index (Phi) is 5.66. The fourth-order valence-electron chi connectivity index (χ4n) is 3.12. The van der Waals surface area contributed by atoms with Crippen molar-refractivity contribution in [1.29, 1.82) is 0 Å². The van der Waals surface area contributed by atoms with Gasteiger partial charge >= 0.3 is 0 Å². The van der Waals surface area contributed by atoms with E-state index in [-0.39, 0.29) is 36.9 Å². The lowest BCUT2D eigenvalue weighted by Crippen LogP contribution is -2.39. The van der Waals surface area contributed by atoms with Gasteiger partial charge in [0.25, 0.3) is 0 Å². The molecular weight excluding hydrogens is 321 g/mol. The fraction of sp³-hybridized carbons (Fsp3) is 0.350. The normalized spacial score (nSPS) is 17.3. The van der Waals surface area contributed by atoms with E-state index in [9.17, 15) is 9.18 Å². The van der Waals surface area contributed by atoms with Gasteiger partial charge in [0.15, 0.2) is 0 Å². The number of rotatable bonds is 6. The second-order valence-electron chi connectivity index (χ2n) is 6.30. The number of carbonyl (C=O) groups excluding carboxylic acids is 1. The Morgan fingerprint density at radius 3 is 2.84 bits per heavy atom. The maximum absolute atomic E-state index is 13.4. The zero-order chi connectivity index (χ0) is 17.6. The van der Waals surface area contributed by atoms with Gasteiger partial charge in [-0.05, 0) is 48.6 Å². The summed E-state index contributed by atoms with van der Waals surface area (Å²) in [5, 5.41) is 12.2. The van der Waals surface area contributed by atoms with Crippen LogP contribution in [0, 0.1) is 11.7 Å². The summed E-state index contributed by atoms with van der Waals surface area (Å²) < 4.78 is 19.0. The quantitative estimate of drug-likeness (QED) is 0.848. The first-order valence-corrected chi connectivity index (χ1v) is 8.55. The summed E-state index contributed by atoms with van der Waals surface area (Å²) in [7, 11) is 0. The molecule has 0 fully saturated rings. The van der Waals surface area contributed by atoms with Crippen LogP contribution < -0.4 is 10.1 Å². The van der Waals surface area contributed by atoms with Crippen LogP contribution in [0.4, 0.5) is 4.39 Å². The highest BCUT2D eigenvalue weighted by Crippen LogP contribution is 2.28. The molecule has 4 nitrogen and oxygen atoms in total. The molecule has 0 spiro atoms. The Morgan fingerprint density at radius 1 is 1.28 bits per heavy atom. The van der Waals surface area contributed by atoms with Gasteiger partial charge in [-0.25, -0.2) is 4.39 Å². The number of fused-ring (bicyclic) bond motifs is 1. The van der Waals surface area contributed by atoms with Gasteiger partial charge in [0.1, 0.15) is 18.2 Å². The number of aliphatic hydroxyl groups is 1. The van der Waals surface area contributed by atoms with E-state index < -0.39 is 0 Å². The van der Waals surface area contributed by atoms with E-state index in [0.717, 1.165) is 11.1 Å². The van der Waals surface area contributed by atoms with Crippen LogP contribution in [0.25, 0.3) is 0 Å². The van der Waals surface area contributed by atoms with Crippen molar-refractivity contribution < 1.29 is 19.0 Å². The van der Waals surface area contributed by atoms with Gasteiger partial charge in [0.05, 0.1) is 12.0 Å². The van der Waals surface area contributed by atoms with Crippen molar-refractivity contribution in [3.8, 4) is 5.75 Å². The van der Waals surface area contributed by atoms with Crippen LogP contribution >= 0.6 is 0 Å². The molecule has 1 amide bonds. The molecule has 2 aromatic rings. The van der Waals surface area contributed by atoms with Gasteiger partial charge in [-0.2, -0.15) is 0 Å². The maximum atomic E-state index is 13.4. The molecular formula is C20H22FNO3. The molecule has 0 bridgehead atoms. The first kappa shape index (κ1) is 17.4. The zero-order valence-electron chi connectivity index (χ0n) is 14.0. The molecule has 1 aliphatic heterocycles. The van der Waals surface area contributed by atoms with Crippen molar-refractivity contribution in [2.75, 3.05) is 13.2 Å². The van der Waals surface area contributed by atoms with Crippen molar-refractivity contribution in [2.45, 2.75) is 25.3 Å². The lowest BCUT2D eigenvalue weighted by molar-refractivity contribution is -0.127. The Hall–Kier alpha value is -2.40. The van der Waals surface area contributed by atoms with Gasteiger partial charge < -0.3 is 15.2 Å². The highest BCUT2D eigenvalue weighted by atomic mass is 19.1. The average molecular weight is 343 g/mol. The predicted octanol–water partition coefficient (Wildman–Crippen LogP) is 3.01. The Balaban J connectivity index is 1.69. The van der Waals surface area contributed by atoms with Crippen LogP contribution in [0.3, 0.4) is 0 Å². The van der Waals surface area contributed by atoms with Gasteiger partial charge in [-0.3, -0.25) is 4.79 Å². The average Bonchev–Trinajstić information content (AvgIpc) is 2.65. The molecule has 1 heterocycles. The summed E-state index contributed by atoms with van der Waals surface area (Å²) in [5.41, 5.74) is 1.73. The molecule has 2 unspecified atom stereocenters. The number of aliphatic hydroxyl groups excluding tert-OH is 1. The molecule has 2 aromatic carbocycles. The van der Waals surface area contributed by atoms with Gasteiger partial charge in [0, 0.05) is 6.61 Å². The largest absolute Gasteiger partial charge is 0.492 e. The number of carbonyl (C=O) groups is 1. The minimum atomic E-state index is -0.352. The zero-order valence-corrected chi connectivity index (χ0v) is 14.0. The highest BCUT2D eigenvalue weighted by Gasteiger charge is 2.28. The molecule has 0 radical (unpaired) electrons. The first-order valence-electron chi connectivity index (χ1n) is 8.55. The Morgan fingerprint density at radius 2 is 2.08 bits per heavy atom. The Labute approximate surface area is 146 Å². The van der Waals surface area contributed by atoms with E-state index in [4.69, 9.17) is 9.84 Å². The van der Waals surface area contributed by atoms with E-state index >= 15 is 0 Å². The lowest BCUT2D eigenvalue weighted by atomic mass is 9.94. The summed E-state index contributed by atoms with van der Waals surface area (Å²) >= 11 is 0. The van der Waals surface area contributed by atoms with Gasteiger partial charge in [-0.1, -0.05) is 30.3 Å². The number of ether oxygens (including phenoxy) is 1. The third-order valence-corrected chi connectivity index (χ3v) is 4.47. The van der Waals surface area contributed by atoms with E-state index in [1.54, 1.807) is 6.07 Å². The van der Waals surface area contributed by atoms with Crippen molar-refractivity contribution in [2.24, 2.45) is 5.92 Å². The predicted molar refractivity (Wildman–Crippen MR) is 92.7 cm³/mol. The van der Waals surface area contributed by atoms with E-state index in [2.05, 4.69) is 5.32 Å². The second-order valence-corrected chi connectivity index (χ2v) is 6.30. The maximum Gasteiger partial charge on any atom is 0.227 e. The number of halogens is 1. The van der Waals surface area contributed by atoms with Crippen LogP contribution in [0.1, 0.15) is 30.0 Å². The first-order chi connectivity index (χ1) is 12.2. The van der Waals surface area contributed by atoms with Crippen LogP contribution in [0.5, 0.6) is 5.75 Å². The summed E-state index contributed by atoms with van der Waals surface area (Å²) in [6.07, 6.45) is 1.72. The molecule has 0 aromatic heterocycles. The molecule has 132 valence electrons. The van der Waals surface area contributed by atoms with E-state index in [1.165, 1.54) is 12.1 Å². The highest BCUT2D eigenvalue weighted by molar-refractivity contribution is 5.80. The molecule has 2 atom stereocenters. The molecule has 25 heavy (non-hydrogen) atoms. The monoisotopic (exact) mass is 343 g/mol. The standard InChI is InChI=1S/C20H22FNO3/c21-17-8-9-19-15(12-17)11-16(13-25-19)20(24)22-18(7-4-10-23)14-5-2-1-3-6-14/h1-3,5-6,8-9,12,16,18,23H,4,7,10-11,13H2,(H,22,24). The second kappa shape index (κ2) is 8.12. The number of nitrogens with one attached hydrogen (secondary N) is 1. The van der Waals surface area contributed by atoms with Gasteiger partial charge in [-0.15, -0.1) is 0 Å². The SMILES string of the molecule is O=C(NC(CCCO)c1ccccc1)C1COc2ccc(F)cc2C1. The topological polar surface area (TPSA) is 58.6 Å². The summed E-state index contributed by atoms with van der Waals surface area (Å²) in [4.78, 5) is 12.7. The molecule has 5 heteroatoms. The summed E-state index contributed by atoms with van der Waals surface area (Å²) in [6, 6.07) is 13.9. The summed E-state index contributed by atoms with van der Waals surface area (Å²) in [6.45, 7) is 0.365. The van der Waals surface area contributed by atoms with Crippen molar-refractivity contribution >= 4 is 5.91 Å². The number of hydrogen-bond acceptors (Lipinski definition) is 3. The van der Waals surface area contributed by atoms with Gasteiger partial charge in [0.2, 0.25) is 5.91 Å².